The summed E-state index contributed by atoms with van der Waals surface area (Å²) >= 11 is 3.51. The number of anilines is 1. The quantitative estimate of drug-likeness (QED) is 0.714. The van der Waals surface area contributed by atoms with E-state index < -0.39 is 0 Å². The average molecular weight is 301 g/mol. The highest BCUT2D eigenvalue weighted by Crippen LogP contribution is 2.26. The molecule has 1 N–H and O–H groups in total. The molecule has 0 spiro atoms. The Kier molecular flexibility index (Phi) is 4.18. The molecule has 20 heavy (non-hydrogen) atoms. The zero-order chi connectivity index (χ0) is 13.8. The standard InChI is InChI=1S/C15H15N3S2/c1-11(20-12-5-3-2-4-6-12)9-16-14-13-7-8-19-15(13)18-10-17-14/h2-8,10-11H,9H2,1H3,(H,16,17,18). The van der Waals surface area contributed by atoms with E-state index >= 15 is 0 Å². The van der Waals surface area contributed by atoms with Crippen LogP contribution in [-0.2, 0) is 0 Å². The van der Waals surface area contributed by atoms with Crippen LogP contribution in [0.4, 0.5) is 5.82 Å². The van der Waals surface area contributed by atoms with E-state index in [0.717, 1.165) is 22.6 Å². The molecule has 0 aliphatic rings. The first-order valence-corrected chi connectivity index (χ1v) is 8.22. The first kappa shape index (κ1) is 13.4. The van der Waals surface area contributed by atoms with Crippen LogP contribution in [0, 0.1) is 0 Å². The molecule has 0 bridgehead atoms. The molecular formula is C15H15N3S2. The van der Waals surface area contributed by atoms with E-state index in [2.05, 4.69) is 52.5 Å². The van der Waals surface area contributed by atoms with Crippen molar-refractivity contribution in [2.24, 2.45) is 0 Å². The smallest absolute Gasteiger partial charge is 0.138 e. The molecule has 102 valence electrons. The molecule has 0 fully saturated rings. The van der Waals surface area contributed by atoms with Crippen LogP contribution in [0.2, 0.25) is 0 Å². The highest BCUT2D eigenvalue weighted by molar-refractivity contribution is 8.00. The summed E-state index contributed by atoms with van der Waals surface area (Å²) in [6, 6.07) is 12.5. The van der Waals surface area contributed by atoms with Gasteiger partial charge in [0.2, 0.25) is 0 Å². The molecule has 0 aliphatic carbocycles. The van der Waals surface area contributed by atoms with E-state index in [1.54, 1.807) is 17.7 Å². The van der Waals surface area contributed by atoms with Gasteiger partial charge in [-0.25, -0.2) is 9.97 Å². The molecule has 0 aliphatic heterocycles. The van der Waals surface area contributed by atoms with Crippen LogP contribution in [0.3, 0.4) is 0 Å². The minimum atomic E-state index is 0.473. The molecule has 2 aromatic heterocycles. The highest BCUT2D eigenvalue weighted by Gasteiger charge is 2.07. The molecule has 2 heterocycles. The lowest BCUT2D eigenvalue weighted by Crippen LogP contribution is -2.14. The van der Waals surface area contributed by atoms with Crippen molar-refractivity contribution in [2.45, 2.75) is 17.1 Å². The van der Waals surface area contributed by atoms with Gasteiger partial charge in [-0.2, -0.15) is 0 Å². The normalized spacial score (nSPS) is 12.4. The van der Waals surface area contributed by atoms with E-state index in [1.165, 1.54) is 4.90 Å². The molecule has 0 saturated heterocycles. The van der Waals surface area contributed by atoms with Crippen molar-refractivity contribution in [3.05, 3.63) is 48.1 Å². The fraction of sp³-hybridized carbons (Fsp3) is 0.200. The maximum Gasteiger partial charge on any atom is 0.138 e. The van der Waals surface area contributed by atoms with Gasteiger partial charge in [0.15, 0.2) is 0 Å². The SMILES string of the molecule is CC(CNc1ncnc2sccc12)Sc1ccccc1. The first-order chi connectivity index (χ1) is 9.83. The second-order valence-electron chi connectivity index (χ2n) is 4.48. The topological polar surface area (TPSA) is 37.8 Å². The Bertz CT molecular complexity index is 682. The third kappa shape index (κ3) is 3.11. The maximum atomic E-state index is 4.33. The Morgan fingerprint density at radius 2 is 2.05 bits per heavy atom. The summed E-state index contributed by atoms with van der Waals surface area (Å²) in [5, 5.41) is 7.06. The molecule has 0 amide bonds. The lowest BCUT2D eigenvalue weighted by atomic mass is 10.3. The predicted molar refractivity (Wildman–Crippen MR) is 87.7 cm³/mol. The molecule has 0 saturated carbocycles. The zero-order valence-electron chi connectivity index (χ0n) is 11.1. The lowest BCUT2D eigenvalue weighted by Gasteiger charge is -2.13. The second kappa shape index (κ2) is 6.24. The third-order valence-electron chi connectivity index (χ3n) is 2.90. The molecule has 1 aromatic carbocycles. The van der Waals surface area contributed by atoms with Gasteiger partial charge in [-0.1, -0.05) is 25.1 Å². The van der Waals surface area contributed by atoms with E-state index in [-0.39, 0.29) is 0 Å². The van der Waals surface area contributed by atoms with Crippen LogP contribution in [0.5, 0.6) is 0 Å². The van der Waals surface area contributed by atoms with Gasteiger partial charge < -0.3 is 5.32 Å². The van der Waals surface area contributed by atoms with E-state index in [9.17, 15) is 0 Å². The van der Waals surface area contributed by atoms with Crippen molar-refractivity contribution in [1.82, 2.24) is 9.97 Å². The summed E-state index contributed by atoms with van der Waals surface area (Å²) in [7, 11) is 0. The summed E-state index contributed by atoms with van der Waals surface area (Å²) in [4.78, 5) is 10.9. The van der Waals surface area contributed by atoms with Crippen LogP contribution in [0.15, 0.2) is 53.0 Å². The predicted octanol–water partition coefficient (Wildman–Crippen LogP) is 4.28. The van der Waals surface area contributed by atoms with Crippen molar-refractivity contribution < 1.29 is 0 Å². The van der Waals surface area contributed by atoms with Gasteiger partial charge in [0.25, 0.3) is 0 Å². The van der Waals surface area contributed by atoms with Gasteiger partial charge in [-0.05, 0) is 23.6 Å². The fourth-order valence-electron chi connectivity index (χ4n) is 1.94. The highest BCUT2D eigenvalue weighted by atomic mass is 32.2. The van der Waals surface area contributed by atoms with Gasteiger partial charge in [0, 0.05) is 16.7 Å². The number of hydrogen-bond acceptors (Lipinski definition) is 5. The molecule has 1 atom stereocenters. The van der Waals surface area contributed by atoms with E-state index in [0.29, 0.717) is 5.25 Å². The van der Waals surface area contributed by atoms with E-state index in [1.807, 2.05) is 23.2 Å². The van der Waals surface area contributed by atoms with Crippen LogP contribution in [0.1, 0.15) is 6.92 Å². The van der Waals surface area contributed by atoms with Gasteiger partial charge in [-0.3, -0.25) is 0 Å². The largest absolute Gasteiger partial charge is 0.368 e. The lowest BCUT2D eigenvalue weighted by molar-refractivity contribution is 0.988. The van der Waals surface area contributed by atoms with Crippen LogP contribution >= 0.6 is 23.1 Å². The number of nitrogens with one attached hydrogen (secondary N) is 1. The number of hydrogen-bond donors (Lipinski definition) is 1. The maximum absolute atomic E-state index is 4.33. The van der Waals surface area contributed by atoms with E-state index in [4.69, 9.17) is 0 Å². The van der Waals surface area contributed by atoms with Crippen molar-refractivity contribution >= 4 is 39.1 Å². The number of nitrogens with zero attached hydrogens (tertiary/aromatic N) is 2. The van der Waals surface area contributed by atoms with Crippen molar-refractivity contribution in [3.8, 4) is 0 Å². The first-order valence-electron chi connectivity index (χ1n) is 6.47. The van der Waals surface area contributed by atoms with Crippen molar-refractivity contribution in [3.63, 3.8) is 0 Å². The van der Waals surface area contributed by atoms with Crippen LogP contribution in [0.25, 0.3) is 10.2 Å². The third-order valence-corrected chi connectivity index (χ3v) is 4.83. The Balaban J connectivity index is 1.63. The molecule has 5 heteroatoms. The average Bonchev–Trinajstić information content (AvgIpc) is 2.95. The summed E-state index contributed by atoms with van der Waals surface area (Å²) in [5.41, 5.74) is 0. The van der Waals surface area contributed by atoms with Gasteiger partial charge in [0.05, 0.1) is 5.39 Å². The van der Waals surface area contributed by atoms with Gasteiger partial charge in [0.1, 0.15) is 17.0 Å². The summed E-state index contributed by atoms with van der Waals surface area (Å²) < 4.78 is 0. The minimum absolute atomic E-state index is 0.473. The summed E-state index contributed by atoms with van der Waals surface area (Å²) in [6.45, 7) is 3.10. The molecule has 3 aromatic rings. The van der Waals surface area contributed by atoms with Crippen LogP contribution in [-0.4, -0.2) is 21.8 Å². The fourth-order valence-corrected chi connectivity index (χ4v) is 3.62. The Morgan fingerprint density at radius 1 is 1.20 bits per heavy atom. The monoisotopic (exact) mass is 301 g/mol. The van der Waals surface area contributed by atoms with Gasteiger partial charge >= 0.3 is 0 Å². The summed E-state index contributed by atoms with van der Waals surface area (Å²) in [5.74, 6) is 0.928. The number of rotatable bonds is 5. The second-order valence-corrected chi connectivity index (χ2v) is 6.89. The minimum Gasteiger partial charge on any atom is -0.368 e. The molecular weight excluding hydrogens is 286 g/mol. The van der Waals surface area contributed by atoms with Gasteiger partial charge in [-0.15, -0.1) is 23.1 Å². The molecule has 3 nitrogen and oxygen atoms in total. The number of thioether (sulfide) groups is 1. The molecule has 1 unspecified atom stereocenters. The number of fused-ring (bicyclic) bond motifs is 1. The summed E-state index contributed by atoms with van der Waals surface area (Å²) in [6.07, 6.45) is 1.62. The van der Waals surface area contributed by atoms with Crippen molar-refractivity contribution in [2.75, 3.05) is 11.9 Å². The molecule has 3 rings (SSSR count). The Morgan fingerprint density at radius 3 is 2.90 bits per heavy atom. The number of benzene rings is 1. The van der Waals surface area contributed by atoms with Crippen molar-refractivity contribution in [1.29, 1.82) is 0 Å². The van der Waals surface area contributed by atoms with Crippen LogP contribution < -0.4 is 5.32 Å². The Hall–Kier alpha value is -1.59. The number of thiophene rings is 1. The zero-order valence-corrected chi connectivity index (χ0v) is 12.7. The number of aromatic nitrogens is 2. The Labute approximate surface area is 126 Å². The molecule has 0 radical (unpaired) electrons.